The van der Waals surface area contributed by atoms with Crippen molar-refractivity contribution >= 4 is 34.5 Å². The Kier molecular flexibility index (Phi) is 3.80. The molecule has 0 fully saturated rings. The highest BCUT2D eigenvalue weighted by Crippen LogP contribution is 2.41. The molecule has 2 aromatic heterocycles. The van der Waals surface area contributed by atoms with Crippen molar-refractivity contribution in [1.82, 2.24) is 19.7 Å². The molecule has 24 heavy (non-hydrogen) atoms. The Labute approximate surface area is 144 Å². The predicted octanol–water partition coefficient (Wildman–Crippen LogP) is 3.52. The predicted molar refractivity (Wildman–Crippen MR) is 96.5 cm³/mol. The van der Waals surface area contributed by atoms with Crippen LogP contribution in [0.3, 0.4) is 0 Å². The summed E-state index contributed by atoms with van der Waals surface area (Å²) < 4.78 is 1.70. The van der Waals surface area contributed by atoms with Crippen LogP contribution in [0.5, 0.6) is 0 Å². The summed E-state index contributed by atoms with van der Waals surface area (Å²) in [5.74, 6) is 2.37. The van der Waals surface area contributed by atoms with Gasteiger partial charge in [0.25, 0.3) is 0 Å². The molecule has 0 unspecified atom stereocenters. The van der Waals surface area contributed by atoms with Crippen molar-refractivity contribution in [3.05, 3.63) is 36.0 Å². The highest BCUT2D eigenvalue weighted by atomic mass is 32.2. The average Bonchev–Trinajstić information content (AvgIpc) is 3.11. The van der Waals surface area contributed by atoms with Gasteiger partial charge < -0.3 is 10.3 Å². The number of fused-ring (bicyclic) bond motifs is 2. The molecule has 4 rings (SSSR count). The molecule has 0 saturated carbocycles. The molecule has 6 nitrogen and oxygen atoms in total. The number of hydrogen-bond acceptors (Lipinski definition) is 4. The summed E-state index contributed by atoms with van der Waals surface area (Å²) in [5, 5.41) is 7.75. The number of aromatic amines is 1. The number of anilines is 1. The number of H-pyrrole nitrogens is 1. The third kappa shape index (κ3) is 2.69. The smallest absolute Gasteiger partial charge is 0.235 e. The lowest BCUT2D eigenvalue weighted by Crippen LogP contribution is -2.16. The van der Waals surface area contributed by atoms with Crippen LogP contribution in [0.2, 0.25) is 0 Å². The summed E-state index contributed by atoms with van der Waals surface area (Å²) in [5.41, 5.74) is 2.90. The number of rotatable bonds is 3. The van der Waals surface area contributed by atoms with Gasteiger partial charge in [0.1, 0.15) is 5.82 Å². The first-order valence-corrected chi connectivity index (χ1v) is 9.11. The largest absolute Gasteiger partial charge is 0.322 e. The van der Waals surface area contributed by atoms with Crippen LogP contribution in [0.1, 0.15) is 31.1 Å². The van der Waals surface area contributed by atoms with E-state index >= 15 is 0 Å². The van der Waals surface area contributed by atoms with E-state index in [1.807, 2.05) is 30.5 Å². The molecule has 124 valence electrons. The summed E-state index contributed by atoms with van der Waals surface area (Å²) in [6.07, 6.45) is 2.87. The number of benzene rings is 1. The van der Waals surface area contributed by atoms with E-state index in [9.17, 15) is 4.79 Å². The Morgan fingerprint density at radius 1 is 1.38 bits per heavy atom. The van der Waals surface area contributed by atoms with Crippen molar-refractivity contribution in [1.29, 1.82) is 0 Å². The number of nitrogens with zero attached hydrogens (tertiary/aromatic N) is 3. The number of hydrogen-bond donors (Lipinski definition) is 2. The van der Waals surface area contributed by atoms with Gasteiger partial charge >= 0.3 is 0 Å². The van der Waals surface area contributed by atoms with E-state index in [1.165, 1.54) is 0 Å². The highest BCUT2D eigenvalue weighted by Gasteiger charge is 2.28. The van der Waals surface area contributed by atoms with Gasteiger partial charge in [0, 0.05) is 10.8 Å². The third-order valence-electron chi connectivity index (χ3n) is 4.08. The molecule has 1 amide bonds. The highest BCUT2D eigenvalue weighted by molar-refractivity contribution is 8.00. The second-order valence-electron chi connectivity index (χ2n) is 6.42. The Morgan fingerprint density at radius 3 is 3.00 bits per heavy atom. The van der Waals surface area contributed by atoms with Gasteiger partial charge in [-0.1, -0.05) is 26.0 Å². The average molecular weight is 341 g/mol. The van der Waals surface area contributed by atoms with E-state index in [4.69, 9.17) is 0 Å². The molecule has 1 aromatic carbocycles. The minimum absolute atomic E-state index is 0.00497. The van der Waals surface area contributed by atoms with Crippen LogP contribution in [0.4, 0.5) is 5.82 Å². The molecule has 0 saturated heterocycles. The van der Waals surface area contributed by atoms with Crippen molar-refractivity contribution in [2.75, 3.05) is 11.1 Å². The Hall–Kier alpha value is -2.28. The number of carbonyl (C=O) groups is 1. The lowest BCUT2D eigenvalue weighted by atomic mass is 10.0. The molecule has 3 aromatic rings. The number of nitrogens with one attached hydrogen (secondary N) is 2. The van der Waals surface area contributed by atoms with Crippen LogP contribution in [-0.2, 0) is 4.79 Å². The Morgan fingerprint density at radius 2 is 2.21 bits per heavy atom. The zero-order valence-electron chi connectivity index (χ0n) is 13.6. The topological polar surface area (TPSA) is 75.6 Å². The number of thioether (sulfide) groups is 1. The maximum absolute atomic E-state index is 12.1. The molecule has 1 aliphatic rings. The SMILES string of the molecule is CC(C)C[C@H]1SCC(=O)Nc2c1cnn2-c1nc2ccccc2[nH]1. The van der Waals surface area contributed by atoms with Gasteiger partial charge in [0.15, 0.2) is 0 Å². The standard InChI is InChI=1S/C17H19N5OS/c1-10(2)7-14-11-8-18-22(16(11)21-15(23)9-24-14)17-19-12-5-3-4-6-13(12)20-17/h3-6,8,10,14H,7,9H2,1-2H3,(H,19,20)(H,21,23)/t14-/m1/s1. The van der Waals surface area contributed by atoms with Crippen molar-refractivity contribution in [3.63, 3.8) is 0 Å². The minimum atomic E-state index is 0.00497. The summed E-state index contributed by atoms with van der Waals surface area (Å²) in [6, 6.07) is 7.84. The molecule has 0 aliphatic carbocycles. The molecule has 1 atom stereocenters. The molecule has 3 heterocycles. The maximum Gasteiger partial charge on any atom is 0.235 e. The Balaban J connectivity index is 1.80. The first-order valence-electron chi connectivity index (χ1n) is 8.06. The quantitative estimate of drug-likeness (QED) is 0.764. The first-order chi connectivity index (χ1) is 11.6. The molecule has 2 N–H and O–H groups in total. The van der Waals surface area contributed by atoms with E-state index < -0.39 is 0 Å². The van der Waals surface area contributed by atoms with Crippen LogP contribution >= 0.6 is 11.8 Å². The molecular formula is C17H19N5OS. The van der Waals surface area contributed by atoms with E-state index in [0.29, 0.717) is 17.6 Å². The number of imidazole rings is 1. The van der Waals surface area contributed by atoms with Gasteiger partial charge in [-0.05, 0) is 24.5 Å². The number of para-hydroxylation sites is 2. The van der Waals surface area contributed by atoms with Gasteiger partial charge in [-0.3, -0.25) is 4.79 Å². The minimum Gasteiger partial charge on any atom is -0.322 e. The Bertz CT molecular complexity index is 864. The van der Waals surface area contributed by atoms with Crippen molar-refractivity contribution in [2.24, 2.45) is 5.92 Å². The van der Waals surface area contributed by atoms with Crippen LogP contribution < -0.4 is 5.32 Å². The molecule has 0 radical (unpaired) electrons. The molecule has 7 heteroatoms. The normalized spacial score (nSPS) is 17.8. The monoisotopic (exact) mass is 341 g/mol. The summed E-state index contributed by atoms with van der Waals surface area (Å²) >= 11 is 1.68. The third-order valence-corrected chi connectivity index (χ3v) is 5.36. The van der Waals surface area contributed by atoms with Crippen LogP contribution in [0.25, 0.3) is 17.0 Å². The fourth-order valence-corrected chi connectivity index (χ4v) is 4.28. The second-order valence-corrected chi connectivity index (χ2v) is 7.61. The summed E-state index contributed by atoms with van der Waals surface area (Å²) in [4.78, 5) is 20.0. The fraction of sp³-hybridized carbons (Fsp3) is 0.353. The van der Waals surface area contributed by atoms with E-state index in [0.717, 1.165) is 28.8 Å². The number of aromatic nitrogens is 4. The summed E-state index contributed by atoms with van der Waals surface area (Å²) in [7, 11) is 0. The molecular weight excluding hydrogens is 322 g/mol. The molecule has 0 spiro atoms. The molecule has 1 aliphatic heterocycles. The van der Waals surface area contributed by atoms with Gasteiger partial charge in [0.05, 0.1) is 23.0 Å². The van der Waals surface area contributed by atoms with E-state index in [1.54, 1.807) is 16.4 Å². The van der Waals surface area contributed by atoms with Crippen LogP contribution in [0.15, 0.2) is 30.5 Å². The maximum atomic E-state index is 12.1. The van der Waals surface area contributed by atoms with Crippen LogP contribution in [-0.4, -0.2) is 31.4 Å². The number of carbonyl (C=O) groups excluding carboxylic acids is 1. The zero-order valence-corrected chi connectivity index (χ0v) is 14.4. The van der Waals surface area contributed by atoms with Crippen molar-refractivity contribution < 1.29 is 4.79 Å². The zero-order chi connectivity index (χ0) is 16.7. The van der Waals surface area contributed by atoms with Gasteiger partial charge in [-0.15, -0.1) is 11.8 Å². The first kappa shape index (κ1) is 15.3. The summed E-state index contributed by atoms with van der Waals surface area (Å²) in [6.45, 7) is 4.40. The van der Waals surface area contributed by atoms with E-state index in [2.05, 4.69) is 34.2 Å². The number of amides is 1. The van der Waals surface area contributed by atoms with Crippen LogP contribution in [0, 0.1) is 5.92 Å². The van der Waals surface area contributed by atoms with Crippen molar-refractivity contribution in [2.45, 2.75) is 25.5 Å². The van der Waals surface area contributed by atoms with E-state index in [-0.39, 0.29) is 11.2 Å². The lowest BCUT2D eigenvalue weighted by molar-refractivity contribution is -0.113. The van der Waals surface area contributed by atoms with Gasteiger partial charge in [-0.2, -0.15) is 9.78 Å². The van der Waals surface area contributed by atoms with Gasteiger partial charge in [-0.25, -0.2) is 4.98 Å². The second kappa shape index (κ2) is 5.98. The fourth-order valence-electron chi connectivity index (χ4n) is 2.98. The molecule has 0 bridgehead atoms. The van der Waals surface area contributed by atoms with Gasteiger partial charge in [0.2, 0.25) is 11.9 Å². The van der Waals surface area contributed by atoms with Crippen molar-refractivity contribution in [3.8, 4) is 5.95 Å². The lowest BCUT2D eigenvalue weighted by Gasteiger charge is -2.15.